The van der Waals surface area contributed by atoms with E-state index in [2.05, 4.69) is 20.9 Å². The van der Waals surface area contributed by atoms with Crippen LogP contribution < -0.4 is 4.74 Å². The number of halogens is 1. The number of rotatable bonds is 3. The van der Waals surface area contributed by atoms with Crippen molar-refractivity contribution < 1.29 is 13.9 Å². The lowest BCUT2D eigenvalue weighted by atomic mass is 10.1. The Bertz CT molecular complexity index is 521. The van der Waals surface area contributed by atoms with E-state index in [1.165, 1.54) is 19.5 Å². The van der Waals surface area contributed by atoms with Crippen molar-refractivity contribution in [1.29, 1.82) is 0 Å². The number of furan rings is 1. The molecule has 0 N–H and O–H groups in total. The van der Waals surface area contributed by atoms with Gasteiger partial charge in [0.1, 0.15) is 5.75 Å². The Morgan fingerprint density at radius 2 is 2.25 bits per heavy atom. The third-order valence-corrected chi connectivity index (χ3v) is 2.43. The maximum atomic E-state index is 11.9. The molecule has 82 valence electrons. The average molecular weight is 282 g/mol. The zero-order valence-corrected chi connectivity index (χ0v) is 10.0. The predicted molar refractivity (Wildman–Crippen MR) is 60.6 cm³/mol. The number of carbonyl (C=O) groups excluding carboxylic acids is 1. The molecule has 0 atom stereocenters. The molecule has 16 heavy (non-hydrogen) atoms. The second-order valence-corrected chi connectivity index (χ2v) is 3.83. The monoisotopic (exact) mass is 281 g/mol. The maximum absolute atomic E-state index is 11.9. The summed E-state index contributed by atoms with van der Waals surface area (Å²) in [4.78, 5) is 15.8. The van der Waals surface area contributed by atoms with Crippen molar-refractivity contribution in [2.24, 2.45) is 0 Å². The van der Waals surface area contributed by atoms with Crippen LogP contribution in [0, 0.1) is 0 Å². The van der Waals surface area contributed by atoms with Crippen molar-refractivity contribution in [3.63, 3.8) is 0 Å². The van der Waals surface area contributed by atoms with E-state index in [0.29, 0.717) is 16.0 Å². The fraction of sp³-hybridized carbons (Fsp3) is 0.0909. The van der Waals surface area contributed by atoms with Crippen LogP contribution in [0.1, 0.15) is 16.1 Å². The van der Waals surface area contributed by atoms with Crippen LogP contribution in [-0.4, -0.2) is 17.9 Å². The van der Waals surface area contributed by atoms with Gasteiger partial charge in [0, 0.05) is 11.8 Å². The predicted octanol–water partition coefficient (Wildman–Crippen LogP) is 2.68. The smallest absolute Gasteiger partial charge is 0.229 e. The van der Waals surface area contributed by atoms with E-state index in [4.69, 9.17) is 9.15 Å². The summed E-state index contributed by atoms with van der Waals surface area (Å²) in [5, 5.41) is 0. The normalized spacial score (nSPS) is 10.1. The number of ketones is 1. The van der Waals surface area contributed by atoms with Gasteiger partial charge in [0.05, 0.1) is 13.3 Å². The first-order valence-corrected chi connectivity index (χ1v) is 5.29. The zero-order chi connectivity index (χ0) is 11.5. The third kappa shape index (κ3) is 2.14. The van der Waals surface area contributed by atoms with Gasteiger partial charge >= 0.3 is 0 Å². The van der Waals surface area contributed by atoms with Gasteiger partial charge in [-0.3, -0.25) is 9.78 Å². The van der Waals surface area contributed by atoms with Crippen LogP contribution in [0.15, 0.2) is 39.7 Å². The summed E-state index contributed by atoms with van der Waals surface area (Å²) >= 11 is 3.14. The van der Waals surface area contributed by atoms with Crippen molar-refractivity contribution in [2.45, 2.75) is 0 Å². The number of methoxy groups -OCH3 is 1. The Kier molecular flexibility index (Phi) is 3.05. The highest BCUT2D eigenvalue weighted by Gasteiger charge is 2.14. The summed E-state index contributed by atoms with van der Waals surface area (Å²) in [5.74, 6) is 0.579. The Hall–Kier alpha value is -1.62. The average Bonchev–Trinajstić information content (AvgIpc) is 2.75. The van der Waals surface area contributed by atoms with E-state index in [0.717, 1.165) is 0 Å². The van der Waals surface area contributed by atoms with Gasteiger partial charge in [-0.2, -0.15) is 0 Å². The summed E-state index contributed by atoms with van der Waals surface area (Å²) in [5.41, 5.74) is 0.432. The Morgan fingerprint density at radius 1 is 1.44 bits per heavy atom. The van der Waals surface area contributed by atoms with E-state index in [1.807, 2.05) is 0 Å². The van der Waals surface area contributed by atoms with Gasteiger partial charge in [0.15, 0.2) is 10.4 Å². The SMILES string of the molecule is COc1cncc(C(=O)c2ccc(Br)o2)c1. The van der Waals surface area contributed by atoms with Crippen molar-refractivity contribution in [3.05, 3.63) is 46.6 Å². The van der Waals surface area contributed by atoms with Gasteiger partial charge < -0.3 is 9.15 Å². The van der Waals surface area contributed by atoms with Crippen molar-refractivity contribution in [2.75, 3.05) is 7.11 Å². The number of aromatic nitrogens is 1. The minimum absolute atomic E-state index is 0.225. The molecule has 0 fully saturated rings. The summed E-state index contributed by atoms with van der Waals surface area (Å²) < 4.78 is 10.7. The molecule has 0 saturated heterocycles. The number of nitrogens with zero attached hydrogens (tertiary/aromatic N) is 1. The fourth-order valence-corrected chi connectivity index (χ4v) is 1.54. The highest BCUT2D eigenvalue weighted by molar-refractivity contribution is 9.10. The standard InChI is InChI=1S/C11H8BrNO3/c1-15-8-4-7(5-13-6-8)11(14)9-2-3-10(12)16-9/h2-6H,1H3. The highest BCUT2D eigenvalue weighted by atomic mass is 79.9. The van der Waals surface area contributed by atoms with Crippen molar-refractivity contribution in [1.82, 2.24) is 4.98 Å². The molecule has 2 heterocycles. The summed E-state index contributed by atoms with van der Waals surface area (Å²) in [6.07, 6.45) is 3.01. The molecular formula is C11H8BrNO3. The number of hydrogen-bond donors (Lipinski definition) is 0. The van der Waals surface area contributed by atoms with Crippen LogP contribution in [0.25, 0.3) is 0 Å². The van der Waals surface area contributed by atoms with E-state index in [1.54, 1.807) is 18.2 Å². The summed E-state index contributed by atoms with van der Waals surface area (Å²) in [6, 6.07) is 4.89. The van der Waals surface area contributed by atoms with Crippen LogP contribution in [0.2, 0.25) is 0 Å². The second kappa shape index (κ2) is 4.49. The quantitative estimate of drug-likeness (QED) is 0.812. The summed E-state index contributed by atoms with van der Waals surface area (Å²) in [7, 11) is 1.52. The minimum atomic E-state index is -0.225. The molecule has 0 aliphatic heterocycles. The second-order valence-electron chi connectivity index (χ2n) is 3.05. The topological polar surface area (TPSA) is 52.3 Å². The largest absolute Gasteiger partial charge is 0.495 e. The molecule has 2 rings (SSSR count). The molecule has 0 amide bonds. The van der Waals surface area contributed by atoms with Crippen LogP contribution in [-0.2, 0) is 0 Å². The fourth-order valence-electron chi connectivity index (χ4n) is 1.23. The first-order valence-electron chi connectivity index (χ1n) is 4.50. The van der Waals surface area contributed by atoms with Gasteiger partial charge in [-0.15, -0.1) is 0 Å². The number of pyridine rings is 1. The Balaban J connectivity index is 2.33. The minimum Gasteiger partial charge on any atom is -0.495 e. The molecule has 0 aliphatic carbocycles. The molecule has 0 spiro atoms. The number of ether oxygens (including phenoxy) is 1. The highest BCUT2D eigenvalue weighted by Crippen LogP contribution is 2.19. The lowest BCUT2D eigenvalue weighted by Crippen LogP contribution is -2.00. The molecular weight excluding hydrogens is 274 g/mol. The molecule has 0 aromatic carbocycles. The number of carbonyl (C=O) groups is 1. The summed E-state index contributed by atoms with van der Waals surface area (Å²) in [6.45, 7) is 0. The van der Waals surface area contributed by atoms with E-state index >= 15 is 0 Å². The molecule has 0 bridgehead atoms. The van der Waals surface area contributed by atoms with Gasteiger partial charge in [0.2, 0.25) is 5.78 Å². The van der Waals surface area contributed by atoms with Crippen molar-refractivity contribution >= 4 is 21.7 Å². The van der Waals surface area contributed by atoms with E-state index in [-0.39, 0.29) is 11.5 Å². The first-order chi connectivity index (χ1) is 7.70. The Morgan fingerprint density at radius 3 is 2.88 bits per heavy atom. The van der Waals surface area contributed by atoms with Gasteiger partial charge in [-0.25, -0.2) is 0 Å². The lowest BCUT2D eigenvalue weighted by Gasteiger charge is -2.00. The van der Waals surface area contributed by atoms with Crippen LogP contribution >= 0.6 is 15.9 Å². The molecule has 2 aromatic heterocycles. The molecule has 4 nitrogen and oxygen atoms in total. The number of hydrogen-bond acceptors (Lipinski definition) is 4. The van der Waals surface area contributed by atoms with Gasteiger partial charge in [0.25, 0.3) is 0 Å². The molecule has 0 unspecified atom stereocenters. The van der Waals surface area contributed by atoms with E-state index < -0.39 is 0 Å². The van der Waals surface area contributed by atoms with Crippen LogP contribution in [0.3, 0.4) is 0 Å². The molecule has 0 radical (unpaired) electrons. The van der Waals surface area contributed by atoms with Crippen LogP contribution in [0.5, 0.6) is 5.75 Å². The molecule has 5 heteroatoms. The first kappa shape index (κ1) is 10.9. The van der Waals surface area contributed by atoms with Crippen LogP contribution in [0.4, 0.5) is 0 Å². The Labute approximate surface area is 100 Å². The molecule has 2 aromatic rings. The third-order valence-electron chi connectivity index (χ3n) is 2.01. The van der Waals surface area contributed by atoms with Crippen molar-refractivity contribution in [3.8, 4) is 5.75 Å². The zero-order valence-electron chi connectivity index (χ0n) is 8.44. The van der Waals surface area contributed by atoms with E-state index in [9.17, 15) is 4.79 Å². The maximum Gasteiger partial charge on any atom is 0.229 e. The molecule has 0 saturated carbocycles. The molecule has 0 aliphatic rings. The van der Waals surface area contributed by atoms with Gasteiger partial charge in [-0.1, -0.05) is 0 Å². The lowest BCUT2D eigenvalue weighted by molar-refractivity contribution is 0.101. The van der Waals surface area contributed by atoms with Gasteiger partial charge in [-0.05, 0) is 34.1 Å².